The number of furan rings is 1. The summed E-state index contributed by atoms with van der Waals surface area (Å²) in [5.41, 5.74) is 5.74. The molecule has 5 rings (SSSR count). The molecule has 0 spiro atoms. The van der Waals surface area contributed by atoms with Crippen LogP contribution in [0.2, 0.25) is 0 Å². The highest BCUT2D eigenvalue weighted by atomic mass is 32.1. The molecule has 160 valence electrons. The van der Waals surface area contributed by atoms with Gasteiger partial charge in [-0.1, -0.05) is 17.4 Å². The fourth-order valence-electron chi connectivity index (χ4n) is 4.00. The second kappa shape index (κ2) is 7.13. The van der Waals surface area contributed by atoms with E-state index in [1.54, 1.807) is 29.5 Å². The largest absolute Gasteiger partial charge is 0.457 e. The monoisotopic (exact) mass is 445 g/mol. The molecule has 0 aliphatic rings. The average Bonchev–Trinajstić information content (AvgIpc) is 3.40. The average molecular weight is 446 g/mol. The van der Waals surface area contributed by atoms with Crippen molar-refractivity contribution in [2.45, 2.75) is 27.7 Å². The maximum Gasteiger partial charge on any atom is 0.275 e. The Kier molecular flexibility index (Phi) is 4.49. The molecule has 0 amide bonds. The van der Waals surface area contributed by atoms with Crippen LogP contribution in [0, 0.1) is 37.8 Å². The van der Waals surface area contributed by atoms with Gasteiger partial charge >= 0.3 is 0 Å². The van der Waals surface area contributed by atoms with E-state index in [1.165, 1.54) is 17.4 Å². The van der Waals surface area contributed by atoms with Gasteiger partial charge in [-0.15, -0.1) is 0 Å². The van der Waals surface area contributed by atoms with Gasteiger partial charge in [-0.05, 0) is 68.7 Å². The summed E-state index contributed by atoms with van der Waals surface area (Å²) in [6, 6.07) is 10.9. The first-order valence-electron chi connectivity index (χ1n) is 10.0. The normalized spacial score (nSPS) is 12.3. The van der Waals surface area contributed by atoms with Crippen LogP contribution in [0.1, 0.15) is 28.0 Å². The Morgan fingerprint density at radius 1 is 1.09 bits per heavy atom. The fraction of sp³-hybridized carbons (Fsp3) is 0.167. The molecule has 3 heterocycles. The van der Waals surface area contributed by atoms with Gasteiger partial charge in [0.1, 0.15) is 16.1 Å². The van der Waals surface area contributed by atoms with E-state index in [0.29, 0.717) is 32.1 Å². The third-order valence-electron chi connectivity index (χ3n) is 5.70. The van der Waals surface area contributed by atoms with E-state index >= 15 is 0 Å². The molecule has 0 aliphatic heterocycles. The van der Waals surface area contributed by atoms with Crippen LogP contribution in [0.3, 0.4) is 0 Å². The molecule has 0 bridgehead atoms. The van der Waals surface area contributed by atoms with Crippen molar-refractivity contribution in [2.75, 3.05) is 0 Å². The molecule has 8 heteroatoms. The molecule has 0 atom stereocenters. The first-order valence-corrected chi connectivity index (χ1v) is 10.8. The van der Waals surface area contributed by atoms with E-state index in [1.807, 2.05) is 32.9 Å². The number of thiazole rings is 1. The minimum absolute atomic E-state index is 0.0562. The summed E-state index contributed by atoms with van der Waals surface area (Å²) in [6.07, 6.45) is 1.69. The lowest BCUT2D eigenvalue weighted by atomic mass is 10.0. The summed E-state index contributed by atoms with van der Waals surface area (Å²) in [4.78, 5) is 29.4. The predicted octanol–water partition coefficient (Wildman–Crippen LogP) is 4.86. The molecule has 32 heavy (non-hydrogen) atoms. The van der Waals surface area contributed by atoms with Crippen molar-refractivity contribution in [3.8, 4) is 11.3 Å². The molecule has 0 saturated heterocycles. The number of fused-ring (bicyclic) bond motifs is 3. The minimum atomic E-state index is -0.388. The Morgan fingerprint density at radius 2 is 1.88 bits per heavy atom. The summed E-state index contributed by atoms with van der Waals surface area (Å²) >= 11 is 1.31. The number of nitro benzene ring substituents is 1. The van der Waals surface area contributed by atoms with Gasteiger partial charge in [0.15, 0.2) is 4.96 Å². The maximum atomic E-state index is 13.1. The van der Waals surface area contributed by atoms with Gasteiger partial charge in [0.05, 0.1) is 16.0 Å². The Hall–Kier alpha value is -3.78. The number of aromatic nitrogens is 2. The zero-order chi connectivity index (χ0) is 22.7. The molecule has 0 fully saturated rings. The second-order valence-corrected chi connectivity index (χ2v) is 9.00. The van der Waals surface area contributed by atoms with Crippen LogP contribution in [0.5, 0.6) is 0 Å². The van der Waals surface area contributed by atoms with Gasteiger partial charge < -0.3 is 4.42 Å². The number of hydrogen-bond donors (Lipinski definition) is 0. The fourth-order valence-corrected chi connectivity index (χ4v) is 4.96. The Balaban J connectivity index is 1.61. The van der Waals surface area contributed by atoms with E-state index < -0.39 is 0 Å². The van der Waals surface area contributed by atoms with Crippen molar-refractivity contribution >= 4 is 39.1 Å². The predicted molar refractivity (Wildman–Crippen MR) is 125 cm³/mol. The number of hydrogen-bond acceptors (Lipinski definition) is 6. The third kappa shape index (κ3) is 3.11. The maximum absolute atomic E-state index is 13.1. The van der Waals surface area contributed by atoms with Crippen molar-refractivity contribution in [1.82, 2.24) is 9.38 Å². The van der Waals surface area contributed by atoms with Crippen LogP contribution in [-0.4, -0.2) is 14.3 Å². The number of imidazole rings is 1. The Morgan fingerprint density at radius 3 is 2.62 bits per heavy atom. The van der Waals surface area contributed by atoms with Gasteiger partial charge in [0, 0.05) is 23.3 Å². The van der Waals surface area contributed by atoms with E-state index in [4.69, 9.17) is 4.42 Å². The van der Waals surface area contributed by atoms with Gasteiger partial charge in [0.25, 0.3) is 11.2 Å². The number of nitrogens with zero attached hydrogens (tertiary/aromatic N) is 3. The van der Waals surface area contributed by atoms with Crippen molar-refractivity contribution in [3.05, 3.63) is 89.4 Å². The van der Waals surface area contributed by atoms with Crippen LogP contribution < -0.4 is 10.1 Å². The van der Waals surface area contributed by atoms with Gasteiger partial charge in [-0.2, -0.15) is 0 Å². The quantitative estimate of drug-likeness (QED) is 0.292. The lowest BCUT2D eigenvalue weighted by Gasteiger charge is -2.04. The van der Waals surface area contributed by atoms with Crippen LogP contribution in [0.25, 0.3) is 33.4 Å². The minimum Gasteiger partial charge on any atom is -0.457 e. The van der Waals surface area contributed by atoms with Gasteiger partial charge in [-0.25, -0.2) is 9.38 Å². The highest BCUT2D eigenvalue weighted by Gasteiger charge is 2.17. The lowest BCUT2D eigenvalue weighted by Crippen LogP contribution is -2.22. The SMILES string of the molecule is Cc1cc(C)c2nc3s/c(=C\c4ccc(-c5cc(C)c(C)c([N+](=O)[O-])c5)o4)c(=O)n3c2c1. The second-order valence-electron chi connectivity index (χ2n) is 7.99. The highest BCUT2D eigenvalue weighted by molar-refractivity contribution is 7.15. The zero-order valence-corrected chi connectivity index (χ0v) is 18.7. The molecule has 2 aromatic carbocycles. The van der Waals surface area contributed by atoms with Crippen molar-refractivity contribution < 1.29 is 9.34 Å². The highest BCUT2D eigenvalue weighted by Crippen LogP contribution is 2.31. The molecule has 0 aliphatic carbocycles. The summed E-state index contributed by atoms with van der Waals surface area (Å²) in [6.45, 7) is 7.55. The van der Waals surface area contributed by atoms with Crippen molar-refractivity contribution in [1.29, 1.82) is 0 Å². The first-order chi connectivity index (χ1) is 15.2. The number of nitro groups is 1. The van der Waals surface area contributed by atoms with Crippen LogP contribution in [0.4, 0.5) is 5.69 Å². The van der Waals surface area contributed by atoms with Crippen LogP contribution in [-0.2, 0) is 0 Å². The Labute approximate surface area is 186 Å². The van der Waals surface area contributed by atoms with E-state index in [2.05, 4.69) is 11.1 Å². The molecule has 0 unspecified atom stereocenters. The smallest absolute Gasteiger partial charge is 0.275 e. The van der Waals surface area contributed by atoms with Crippen LogP contribution in [0.15, 0.2) is 45.6 Å². The van der Waals surface area contributed by atoms with Gasteiger partial charge in [-0.3, -0.25) is 14.9 Å². The van der Waals surface area contributed by atoms with E-state index in [9.17, 15) is 14.9 Å². The number of rotatable bonds is 3. The first kappa shape index (κ1) is 20.1. The van der Waals surface area contributed by atoms with Crippen LogP contribution >= 0.6 is 11.3 Å². The Bertz CT molecular complexity index is 1670. The standard InChI is InChI=1S/C24H19N3O4S/c1-12-7-14(3)22-19(8-12)26-23(28)21(32-24(26)25-22)11-17-5-6-20(31-17)16-9-13(2)15(4)18(10-16)27(29)30/h5-11H,1-4H3/b21-11-. The van der Waals surface area contributed by atoms with Gasteiger partial charge in [0.2, 0.25) is 0 Å². The zero-order valence-electron chi connectivity index (χ0n) is 17.9. The number of aryl methyl sites for hydroxylation is 3. The molecule has 3 aromatic heterocycles. The molecular weight excluding hydrogens is 426 g/mol. The molecule has 5 aromatic rings. The molecule has 7 nitrogen and oxygen atoms in total. The summed E-state index contributed by atoms with van der Waals surface area (Å²) in [5, 5.41) is 11.4. The molecule has 0 N–H and O–H groups in total. The summed E-state index contributed by atoms with van der Waals surface area (Å²) in [5.74, 6) is 1.01. The topological polar surface area (TPSA) is 90.7 Å². The summed E-state index contributed by atoms with van der Waals surface area (Å²) in [7, 11) is 0. The van der Waals surface area contributed by atoms with E-state index in [0.717, 1.165) is 27.7 Å². The number of benzene rings is 2. The molecular formula is C24H19N3O4S. The molecule has 0 saturated carbocycles. The van der Waals surface area contributed by atoms with Crippen molar-refractivity contribution in [3.63, 3.8) is 0 Å². The third-order valence-corrected chi connectivity index (χ3v) is 6.67. The van der Waals surface area contributed by atoms with Crippen molar-refractivity contribution in [2.24, 2.45) is 0 Å². The van der Waals surface area contributed by atoms with E-state index in [-0.39, 0.29) is 16.2 Å². The molecule has 0 radical (unpaired) electrons. The summed E-state index contributed by atoms with van der Waals surface area (Å²) < 4.78 is 8.07. The lowest BCUT2D eigenvalue weighted by molar-refractivity contribution is -0.385.